The maximum atomic E-state index is 13.1. The Morgan fingerprint density at radius 1 is 1.00 bits per heavy atom. The van der Waals surface area contributed by atoms with Gasteiger partial charge in [0, 0.05) is 0 Å². The Balaban J connectivity index is 1.51. The summed E-state index contributed by atoms with van der Waals surface area (Å²) in [4.78, 5) is 0. The van der Waals surface area contributed by atoms with Gasteiger partial charge in [-0.2, -0.15) is 3.89 Å². The van der Waals surface area contributed by atoms with Crippen molar-refractivity contribution < 1.29 is 3.89 Å². The highest BCUT2D eigenvalue weighted by Crippen LogP contribution is 2.86. The third-order valence-corrected chi connectivity index (χ3v) is 7.80. The van der Waals surface area contributed by atoms with Crippen LogP contribution in [-0.2, 0) is 0 Å². The lowest BCUT2D eigenvalue weighted by Crippen LogP contribution is -2.85. The van der Waals surface area contributed by atoms with Crippen molar-refractivity contribution in [3.05, 3.63) is 0 Å². The van der Waals surface area contributed by atoms with Crippen molar-refractivity contribution in [1.29, 1.82) is 0 Å². The normalized spacial score (nSPS) is 75.6. The smallest absolute Gasteiger partial charge is 0.0540 e. The molecule has 5 aliphatic rings. The predicted molar refractivity (Wildman–Crippen MR) is 54.3 cm³/mol. The first-order valence-electron chi connectivity index (χ1n) is 6.18. The molecule has 0 aromatic rings. The number of hydrogen-bond donors (Lipinski definition) is 0. The maximum absolute atomic E-state index is 13.1. The van der Waals surface area contributed by atoms with Crippen LogP contribution in [-0.4, -0.2) is 4.75 Å². The molecule has 0 radical (unpaired) electrons. The van der Waals surface area contributed by atoms with Crippen molar-refractivity contribution in [3.8, 4) is 0 Å². The lowest BCUT2D eigenvalue weighted by Gasteiger charge is -2.86. The van der Waals surface area contributed by atoms with Crippen molar-refractivity contribution in [2.24, 2.45) is 41.4 Å². The predicted octanol–water partition coefficient (Wildman–Crippen LogP) is 3.28. The van der Waals surface area contributed by atoms with Gasteiger partial charge < -0.3 is 0 Å². The van der Waals surface area contributed by atoms with Crippen LogP contribution in [0, 0.1) is 41.4 Å². The van der Waals surface area contributed by atoms with Gasteiger partial charge in [-0.15, -0.1) is 0 Å². The van der Waals surface area contributed by atoms with Crippen LogP contribution in [0.1, 0.15) is 25.7 Å². The minimum Gasteiger partial charge on any atom is -0.165 e. The third-order valence-electron chi connectivity index (χ3n) is 6.74. The molecule has 0 saturated heterocycles. The average molecular weight is 210 g/mol. The molecule has 0 bridgehead atoms. The Morgan fingerprint density at radius 2 is 1.79 bits per heavy atom. The van der Waals surface area contributed by atoms with Crippen LogP contribution in [0.4, 0.5) is 3.89 Å². The van der Waals surface area contributed by atoms with E-state index in [2.05, 4.69) is 0 Å². The second kappa shape index (κ2) is 1.92. The molecule has 5 rings (SSSR count). The Hall–Kier alpha value is 0.280. The van der Waals surface area contributed by atoms with E-state index < -0.39 is 0 Å². The maximum Gasteiger partial charge on any atom is 0.0540 e. The Morgan fingerprint density at radius 3 is 2.36 bits per heavy atom. The Bertz CT molecular complexity index is 318. The van der Waals surface area contributed by atoms with Crippen molar-refractivity contribution in [2.75, 3.05) is 0 Å². The molecule has 0 aliphatic heterocycles. The van der Waals surface area contributed by atoms with Crippen LogP contribution in [0.15, 0.2) is 0 Å². The lowest BCUT2D eigenvalue weighted by molar-refractivity contribution is -0.347. The highest BCUT2D eigenvalue weighted by Gasteiger charge is 2.84. The van der Waals surface area contributed by atoms with E-state index in [9.17, 15) is 3.89 Å². The molecule has 5 saturated carbocycles. The standard InChI is InChI=1S/C12H15FS/c13-14-12-4-3-7(12)10-8-5-1-2-6(5)9(8)11(10)12/h5-11H,1-4H2. The molecule has 0 aromatic carbocycles. The first kappa shape index (κ1) is 7.54. The van der Waals surface area contributed by atoms with E-state index in [0.29, 0.717) is 0 Å². The summed E-state index contributed by atoms with van der Waals surface area (Å²) in [6.07, 6.45) is 5.53. The van der Waals surface area contributed by atoms with Crippen LogP contribution >= 0.6 is 12.1 Å². The molecule has 14 heavy (non-hydrogen) atoms. The van der Waals surface area contributed by atoms with Crippen molar-refractivity contribution in [2.45, 2.75) is 30.4 Å². The molecule has 76 valence electrons. The summed E-state index contributed by atoms with van der Waals surface area (Å²) in [5.74, 6) is 6.91. The molecule has 0 aromatic heterocycles. The van der Waals surface area contributed by atoms with E-state index in [0.717, 1.165) is 53.6 Å². The van der Waals surface area contributed by atoms with Gasteiger partial charge in [0.1, 0.15) is 0 Å². The van der Waals surface area contributed by atoms with Gasteiger partial charge in [-0.05, 0) is 67.1 Å². The summed E-state index contributed by atoms with van der Waals surface area (Å²) in [5.41, 5.74) is 0. The Kier molecular flexibility index (Phi) is 1.03. The summed E-state index contributed by atoms with van der Waals surface area (Å²) in [7, 11) is 0. The van der Waals surface area contributed by atoms with Crippen molar-refractivity contribution >= 4 is 12.1 Å². The van der Waals surface area contributed by atoms with Crippen LogP contribution in [0.25, 0.3) is 0 Å². The number of halogens is 1. The van der Waals surface area contributed by atoms with E-state index in [1.54, 1.807) is 0 Å². The summed E-state index contributed by atoms with van der Waals surface area (Å²) in [6.45, 7) is 0. The number of fused-ring (bicyclic) bond motifs is 10. The van der Waals surface area contributed by atoms with Crippen LogP contribution in [0.2, 0.25) is 0 Å². The summed E-state index contributed by atoms with van der Waals surface area (Å²) in [6, 6.07) is 0. The molecule has 0 heterocycles. The molecule has 0 spiro atoms. The molecule has 8 atom stereocenters. The SMILES string of the molecule is FSC12CCC1C1C3C4CCC4C3C12. The van der Waals surface area contributed by atoms with Gasteiger partial charge in [0.2, 0.25) is 0 Å². The molecular formula is C12H15FS. The average Bonchev–Trinajstić information content (AvgIpc) is 2.13. The largest absolute Gasteiger partial charge is 0.165 e. The fourth-order valence-electron chi connectivity index (χ4n) is 6.06. The first-order valence-corrected chi connectivity index (χ1v) is 6.90. The van der Waals surface area contributed by atoms with Crippen LogP contribution in [0.5, 0.6) is 0 Å². The van der Waals surface area contributed by atoms with E-state index in [4.69, 9.17) is 0 Å². The first-order chi connectivity index (χ1) is 6.88. The second-order valence-electron chi connectivity index (χ2n) is 6.34. The molecule has 0 amide bonds. The zero-order valence-corrected chi connectivity index (χ0v) is 8.97. The van der Waals surface area contributed by atoms with E-state index >= 15 is 0 Å². The Labute approximate surface area is 88.3 Å². The van der Waals surface area contributed by atoms with Crippen molar-refractivity contribution in [3.63, 3.8) is 0 Å². The molecule has 0 N–H and O–H groups in total. The molecule has 8 unspecified atom stereocenters. The fourth-order valence-corrected chi connectivity index (χ4v) is 7.06. The van der Waals surface area contributed by atoms with Crippen molar-refractivity contribution in [1.82, 2.24) is 0 Å². The van der Waals surface area contributed by atoms with Crippen LogP contribution < -0.4 is 0 Å². The number of hydrogen-bond acceptors (Lipinski definition) is 1. The molecule has 5 aliphatic carbocycles. The molecular weight excluding hydrogens is 195 g/mol. The van der Waals surface area contributed by atoms with E-state index in [1.807, 2.05) is 0 Å². The van der Waals surface area contributed by atoms with Gasteiger partial charge in [0.25, 0.3) is 0 Å². The van der Waals surface area contributed by atoms with Gasteiger partial charge in [0.15, 0.2) is 0 Å². The van der Waals surface area contributed by atoms with Gasteiger partial charge in [0.05, 0.1) is 16.9 Å². The van der Waals surface area contributed by atoms with Gasteiger partial charge in [-0.3, -0.25) is 0 Å². The molecule has 5 fully saturated rings. The fraction of sp³-hybridized carbons (Fsp3) is 1.00. The highest BCUT2D eigenvalue weighted by molar-refractivity contribution is 7.95. The minimum atomic E-state index is 0.173. The molecule has 0 nitrogen and oxygen atoms in total. The van der Waals surface area contributed by atoms with Gasteiger partial charge in [-0.25, -0.2) is 0 Å². The van der Waals surface area contributed by atoms with Gasteiger partial charge in [-0.1, -0.05) is 0 Å². The van der Waals surface area contributed by atoms with Gasteiger partial charge >= 0.3 is 0 Å². The van der Waals surface area contributed by atoms with E-state index in [-0.39, 0.29) is 4.75 Å². The number of rotatable bonds is 1. The summed E-state index contributed by atoms with van der Waals surface area (Å²) < 4.78 is 13.2. The summed E-state index contributed by atoms with van der Waals surface area (Å²) in [5, 5.41) is 0. The summed E-state index contributed by atoms with van der Waals surface area (Å²) >= 11 is 0.739. The topological polar surface area (TPSA) is 0 Å². The lowest BCUT2D eigenvalue weighted by atomic mass is 9.21. The third kappa shape index (κ3) is 0.460. The second-order valence-corrected chi connectivity index (χ2v) is 7.25. The minimum absolute atomic E-state index is 0.173. The molecule has 2 heteroatoms. The monoisotopic (exact) mass is 210 g/mol. The quantitative estimate of drug-likeness (QED) is 0.598. The van der Waals surface area contributed by atoms with Crippen LogP contribution in [0.3, 0.4) is 0 Å². The van der Waals surface area contributed by atoms with E-state index in [1.165, 1.54) is 25.7 Å². The zero-order chi connectivity index (χ0) is 9.08. The highest BCUT2D eigenvalue weighted by atomic mass is 32.2. The zero-order valence-electron chi connectivity index (χ0n) is 8.16.